The maximum Gasteiger partial charge on any atom is 0.0235 e. The first-order chi connectivity index (χ1) is 8.74. The average Bonchev–Trinajstić information content (AvgIpc) is 2.38. The summed E-state index contributed by atoms with van der Waals surface area (Å²) in [6, 6.07) is 11.4. The highest BCUT2D eigenvalue weighted by molar-refractivity contribution is 6.17. The van der Waals surface area contributed by atoms with Gasteiger partial charge in [0, 0.05) is 11.9 Å². The van der Waals surface area contributed by atoms with Gasteiger partial charge >= 0.3 is 0 Å². The molecule has 1 nitrogen and oxygen atoms in total. The lowest BCUT2D eigenvalue weighted by molar-refractivity contribution is 0.218. The summed E-state index contributed by atoms with van der Waals surface area (Å²) >= 11 is 5.76. The summed E-state index contributed by atoms with van der Waals surface area (Å²) in [6.07, 6.45) is 4.84. The molecule has 18 heavy (non-hydrogen) atoms. The predicted molar refractivity (Wildman–Crippen MR) is 81.4 cm³/mol. The molecule has 0 aromatic heterocycles. The van der Waals surface area contributed by atoms with Crippen molar-refractivity contribution in [3.8, 4) is 0 Å². The minimum absolute atomic E-state index is 0.630. The first kappa shape index (κ1) is 15.5. The average molecular weight is 268 g/mol. The molecular formula is C16H26ClN. The van der Waals surface area contributed by atoms with Crippen LogP contribution in [-0.2, 0) is 6.42 Å². The maximum absolute atomic E-state index is 5.76. The molecule has 0 saturated heterocycles. The lowest BCUT2D eigenvalue weighted by Gasteiger charge is -2.26. The van der Waals surface area contributed by atoms with Crippen LogP contribution in [0.15, 0.2) is 30.3 Å². The Morgan fingerprint density at radius 1 is 1.00 bits per heavy atom. The van der Waals surface area contributed by atoms with Crippen LogP contribution in [0.3, 0.4) is 0 Å². The number of rotatable bonds is 9. The molecule has 1 aromatic rings. The van der Waals surface area contributed by atoms with Crippen LogP contribution in [0.1, 0.15) is 38.7 Å². The largest absolute Gasteiger partial charge is 0.301 e. The number of hydrogen-bond donors (Lipinski definition) is 0. The molecule has 2 heteroatoms. The molecule has 0 aliphatic rings. The van der Waals surface area contributed by atoms with Crippen molar-refractivity contribution in [3.63, 3.8) is 0 Å². The minimum Gasteiger partial charge on any atom is -0.301 e. The lowest BCUT2D eigenvalue weighted by Crippen LogP contribution is -2.33. The maximum atomic E-state index is 5.76. The standard InChI is InChI=1S/C16H26ClN/c1-15(2)18(14-8-12-17)13-7-6-11-16-9-4-3-5-10-16/h3-5,9-10,15H,6-8,11-14H2,1-2H3. The van der Waals surface area contributed by atoms with E-state index in [-0.39, 0.29) is 0 Å². The molecular weight excluding hydrogens is 242 g/mol. The van der Waals surface area contributed by atoms with Gasteiger partial charge in [-0.15, -0.1) is 11.6 Å². The first-order valence-electron chi connectivity index (χ1n) is 7.08. The van der Waals surface area contributed by atoms with Crippen molar-refractivity contribution < 1.29 is 0 Å². The SMILES string of the molecule is CC(C)N(CCCCl)CCCCc1ccccc1. The Morgan fingerprint density at radius 2 is 1.67 bits per heavy atom. The van der Waals surface area contributed by atoms with Gasteiger partial charge in [-0.25, -0.2) is 0 Å². The third-order valence-electron chi connectivity index (χ3n) is 3.31. The van der Waals surface area contributed by atoms with Gasteiger partial charge < -0.3 is 4.90 Å². The second kappa shape index (κ2) is 9.41. The fourth-order valence-corrected chi connectivity index (χ4v) is 2.30. The Bertz CT molecular complexity index is 297. The summed E-state index contributed by atoms with van der Waals surface area (Å²) in [5.74, 6) is 0.771. The molecule has 0 amide bonds. The lowest BCUT2D eigenvalue weighted by atomic mass is 10.1. The third kappa shape index (κ3) is 6.42. The van der Waals surface area contributed by atoms with E-state index in [0.29, 0.717) is 6.04 Å². The van der Waals surface area contributed by atoms with Crippen molar-refractivity contribution in [2.24, 2.45) is 0 Å². The molecule has 0 radical (unpaired) electrons. The number of nitrogens with zero attached hydrogens (tertiary/aromatic N) is 1. The zero-order valence-corrected chi connectivity index (χ0v) is 12.5. The molecule has 0 saturated carbocycles. The van der Waals surface area contributed by atoms with Crippen molar-refractivity contribution in [1.82, 2.24) is 4.90 Å². The Morgan fingerprint density at radius 3 is 2.28 bits per heavy atom. The Labute approximate surface area is 117 Å². The summed E-state index contributed by atoms with van der Waals surface area (Å²) in [5, 5.41) is 0. The molecule has 0 heterocycles. The van der Waals surface area contributed by atoms with Crippen LogP contribution in [0.2, 0.25) is 0 Å². The molecule has 1 rings (SSSR count). The van der Waals surface area contributed by atoms with Gasteiger partial charge in [-0.2, -0.15) is 0 Å². The summed E-state index contributed by atoms with van der Waals surface area (Å²) in [7, 11) is 0. The van der Waals surface area contributed by atoms with Crippen LogP contribution >= 0.6 is 11.6 Å². The molecule has 0 spiro atoms. The van der Waals surface area contributed by atoms with Crippen molar-refractivity contribution in [3.05, 3.63) is 35.9 Å². The molecule has 102 valence electrons. The van der Waals surface area contributed by atoms with E-state index in [1.165, 1.54) is 31.4 Å². The van der Waals surface area contributed by atoms with Gasteiger partial charge in [0.25, 0.3) is 0 Å². The number of benzene rings is 1. The topological polar surface area (TPSA) is 3.24 Å². The molecule has 0 unspecified atom stereocenters. The number of alkyl halides is 1. The van der Waals surface area contributed by atoms with Gasteiger partial charge in [0.05, 0.1) is 0 Å². The van der Waals surface area contributed by atoms with E-state index in [1.54, 1.807) is 0 Å². The second-order valence-corrected chi connectivity index (χ2v) is 5.49. The Hall–Kier alpha value is -0.530. The van der Waals surface area contributed by atoms with E-state index in [1.807, 2.05) is 0 Å². The van der Waals surface area contributed by atoms with Crippen molar-refractivity contribution >= 4 is 11.6 Å². The highest BCUT2D eigenvalue weighted by Crippen LogP contribution is 2.07. The quantitative estimate of drug-likeness (QED) is 0.475. The number of aryl methyl sites for hydroxylation is 1. The van der Waals surface area contributed by atoms with E-state index in [4.69, 9.17) is 11.6 Å². The second-order valence-electron chi connectivity index (χ2n) is 5.11. The van der Waals surface area contributed by atoms with Crippen molar-refractivity contribution in [2.45, 2.75) is 45.6 Å². The zero-order chi connectivity index (χ0) is 13.2. The van der Waals surface area contributed by atoms with Gasteiger partial charge in [0.2, 0.25) is 0 Å². The smallest absolute Gasteiger partial charge is 0.0235 e. The molecule has 0 aliphatic carbocycles. The van der Waals surface area contributed by atoms with Crippen LogP contribution in [0.25, 0.3) is 0 Å². The molecule has 0 atom stereocenters. The van der Waals surface area contributed by atoms with Crippen molar-refractivity contribution in [1.29, 1.82) is 0 Å². The summed E-state index contributed by atoms with van der Waals surface area (Å²) in [4.78, 5) is 2.54. The third-order valence-corrected chi connectivity index (χ3v) is 3.58. The van der Waals surface area contributed by atoms with Crippen LogP contribution in [0.5, 0.6) is 0 Å². The molecule has 0 N–H and O–H groups in total. The number of hydrogen-bond acceptors (Lipinski definition) is 1. The van der Waals surface area contributed by atoms with Gasteiger partial charge in [-0.05, 0) is 58.2 Å². The molecule has 0 fully saturated rings. The van der Waals surface area contributed by atoms with E-state index in [0.717, 1.165) is 18.8 Å². The zero-order valence-electron chi connectivity index (χ0n) is 11.7. The summed E-state index contributed by atoms with van der Waals surface area (Å²) in [6.45, 7) is 6.87. The molecule has 1 aromatic carbocycles. The summed E-state index contributed by atoms with van der Waals surface area (Å²) < 4.78 is 0. The normalized spacial score (nSPS) is 11.4. The van der Waals surface area contributed by atoms with Gasteiger partial charge in [-0.3, -0.25) is 0 Å². The van der Waals surface area contributed by atoms with E-state index < -0.39 is 0 Å². The first-order valence-corrected chi connectivity index (χ1v) is 7.61. The van der Waals surface area contributed by atoms with Crippen LogP contribution < -0.4 is 0 Å². The van der Waals surface area contributed by atoms with E-state index in [9.17, 15) is 0 Å². The van der Waals surface area contributed by atoms with Gasteiger partial charge in [0.1, 0.15) is 0 Å². The van der Waals surface area contributed by atoms with Gasteiger partial charge in [0.15, 0.2) is 0 Å². The monoisotopic (exact) mass is 267 g/mol. The fraction of sp³-hybridized carbons (Fsp3) is 0.625. The summed E-state index contributed by atoms with van der Waals surface area (Å²) in [5.41, 5.74) is 1.45. The highest BCUT2D eigenvalue weighted by Gasteiger charge is 2.07. The predicted octanol–water partition coefficient (Wildman–Crippen LogP) is 4.35. The Balaban J connectivity index is 2.18. The van der Waals surface area contributed by atoms with Crippen LogP contribution in [0, 0.1) is 0 Å². The van der Waals surface area contributed by atoms with Gasteiger partial charge in [-0.1, -0.05) is 30.3 Å². The van der Waals surface area contributed by atoms with Crippen molar-refractivity contribution in [2.75, 3.05) is 19.0 Å². The minimum atomic E-state index is 0.630. The van der Waals surface area contributed by atoms with Crippen LogP contribution in [0.4, 0.5) is 0 Å². The fourth-order valence-electron chi connectivity index (χ4n) is 2.18. The van der Waals surface area contributed by atoms with E-state index in [2.05, 4.69) is 49.1 Å². The number of unbranched alkanes of at least 4 members (excludes halogenated alkanes) is 1. The highest BCUT2D eigenvalue weighted by atomic mass is 35.5. The molecule has 0 bridgehead atoms. The number of halogens is 1. The van der Waals surface area contributed by atoms with Crippen LogP contribution in [-0.4, -0.2) is 29.9 Å². The molecule has 0 aliphatic heterocycles. The Kier molecular flexibility index (Phi) is 8.11. The van der Waals surface area contributed by atoms with E-state index >= 15 is 0 Å².